The Balaban J connectivity index is 1.54. The van der Waals surface area contributed by atoms with Gasteiger partial charge in [0, 0.05) is 13.1 Å². The maximum Gasteiger partial charge on any atom is 0.173 e. The highest BCUT2D eigenvalue weighted by atomic mass is 16.3. The Labute approximate surface area is 171 Å². The maximum absolute atomic E-state index is 9.81. The summed E-state index contributed by atoms with van der Waals surface area (Å²) in [5.74, 6) is 1.20. The van der Waals surface area contributed by atoms with E-state index >= 15 is 0 Å². The van der Waals surface area contributed by atoms with Crippen LogP contribution in [-0.2, 0) is 13.0 Å². The Morgan fingerprint density at radius 2 is 1.69 bits per heavy atom. The van der Waals surface area contributed by atoms with Crippen LogP contribution in [0.1, 0.15) is 66.7 Å². The Hall–Kier alpha value is -2.73. The number of hydrogen-bond acceptors (Lipinski definition) is 5. The maximum atomic E-state index is 9.81. The molecule has 1 saturated carbocycles. The predicted octanol–water partition coefficient (Wildman–Crippen LogP) is 4.03. The van der Waals surface area contributed by atoms with Crippen molar-refractivity contribution in [2.75, 3.05) is 6.54 Å². The van der Waals surface area contributed by atoms with Crippen molar-refractivity contribution in [3.8, 4) is 5.75 Å². The third kappa shape index (κ3) is 3.65. The molecule has 1 N–H and O–H groups in total. The lowest BCUT2D eigenvalue weighted by Crippen LogP contribution is -2.36. The molecule has 6 heteroatoms. The van der Waals surface area contributed by atoms with E-state index in [-0.39, 0.29) is 11.8 Å². The van der Waals surface area contributed by atoms with Gasteiger partial charge in [-0.05, 0) is 58.5 Å². The number of aromatic hydroxyl groups is 1. The first kappa shape index (κ1) is 18.3. The van der Waals surface area contributed by atoms with Crippen LogP contribution in [0.2, 0.25) is 0 Å². The molecule has 1 aliphatic carbocycles. The van der Waals surface area contributed by atoms with Gasteiger partial charge in [-0.1, -0.05) is 55.7 Å². The summed E-state index contributed by atoms with van der Waals surface area (Å²) in [5.41, 5.74) is 3.92. The Kier molecular flexibility index (Phi) is 5.02. The van der Waals surface area contributed by atoms with Gasteiger partial charge in [-0.15, -0.1) is 5.10 Å². The average molecular weight is 390 g/mol. The minimum absolute atomic E-state index is 0.0270. The summed E-state index contributed by atoms with van der Waals surface area (Å²) in [5, 5.41) is 22.8. The zero-order chi connectivity index (χ0) is 19.6. The van der Waals surface area contributed by atoms with E-state index in [9.17, 15) is 5.11 Å². The van der Waals surface area contributed by atoms with Crippen LogP contribution >= 0.6 is 0 Å². The highest BCUT2D eigenvalue weighted by Crippen LogP contribution is 2.35. The lowest BCUT2D eigenvalue weighted by Gasteiger charge is -2.36. The lowest BCUT2D eigenvalue weighted by molar-refractivity contribution is 0.187. The molecule has 0 unspecified atom stereocenters. The van der Waals surface area contributed by atoms with Crippen LogP contribution in [0, 0.1) is 0 Å². The molecule has 2 heterocycles. The van der Waals surface area contributed by atoms with Gasteiger partial charge in [0.05, 0.1) is 12.1 Å². The van der Waals surface area contributed by atoms with Gasteiger partial charge in [0.15, 0.2) is 5.82 Å². The first-order valence-electron chi connectivity index (χ1n) is 10.7. The third-order valence-electron chi connectivity index (χ3n) is 6.42. The summed E-state index contributed by atoms with van der Waals surface area (Å²) in [6.45, 7) is 1.83. The zero-order valence-corrected chi connectivity index (χ0v) is 16.6. The number of phenolic OH excluding ortho intramolecular Hbond substituents is 1. The summed E-state index contributed by atoms with van der Waals surface area (Å²) in [4.78, 5) is 2.47. The lowest BCUT2D eigenvalue weighted by atomic mass is 9.94. The number of tetrazole rings is 1. The van der Waals surface area contributed by atoms with Crippen molar-refractivity contribution >= 4 is 0 Å². The van der Waals surface area contributed by atoms with E-state index in [0.717, 1.165) is 43.7 Å². The van der Waals surface area contributed by atoms with Gasteiger partial charge in [-0.25, -0.2) is 4.68 Å². The van der Waals surface area contributed by atoms with E-state index in [1.807, 2.05) is 12.1 Å². The Morgan fingerprint density at radius 3 is 2.48 bits per heavy atom. The molecule has 0 spiro atoms. The van der Waals surface area contributed by atoms with E-state index in [1.165, 1.54) is 30.4 Å². The van der Waals surface area contributed by atoms with Gasteiger partial charge in [0.25, 0.3) is 0 Å². The fraction of sp³-hybridized carbons (Fsp3) is 0.435. The van der Waals surface area contributed by atoms with E-state index < -0.39 is 0 Å². The standard InChI is InChI=1S/C23H27N5O/c29-21-12-10-18(11-13-21)22(27-15-14-17-6-4-5-7-19(17)16-27)23-24-25-26-28(23)20-8-2-1-3-9-20/h4-7,10-13,20,22,29H,1-3,8-9,14-16H2/t22-/m1/s1. The van der Waals surface area contributed by atoms with Crippen molar-refractivity contribution in [2.45, 2.75) is 57.2 Å². The molecule has 1 atom stereocenters. The molecule has 5 rings (SSSR count). The molecule has 150 valence electrons. The Bertz CT molecular complexity index is 961. The van der Waals surface area contributed by atoms with Crippen LogP contribution in [0.4, 0.5) is 0 Å². The SMILES string of the molecule is Oc1ccc([C@H](c2nnnn2C2CCCCC2)N2CCc3ccccc3C2)cc1. The second-order valence-corrected chi connectivity index (χ2v) is 8.26. The summed E-state index contributed by atoms with van der Waals surface area (Å²) in [7, 11) is 0. The minimum atomic E-state index is -0.0270. The number of fused-ring (bicyclic) bond motifs is 1. The molecule has 1 aliphatic heterocycles. The molecule has 1 fully saturated rings. The topological polar surface area (TPSA) is 67.1 Å². The zero-order valence-electron chi connectivity index (χ0n) is 16.6. The molecule has 0 amide bonds. The van der Waals surface area contributed by atoms with Gasteiger partial charge in [0.1, 0.15) is 5.75 Å². The highest BCUT2D eigenvalue weighted by molar-refractivity contribution is 5.34. The Morgan fingerprint density at radius 1 is 0.931 bits per heavy atom. The number of phenols is 1. The van der Waals surface area contributed by atoms with Crippen molar-refractivity contribution in [3.05, 3.63) is 71.0 Å². The van der Waals surface area contributed by atoms with Crippen molar-refractivity contribution in [3.63, 3.8) is 0 Å². The summed E-state index contributed by atoms with van der Waals surface area (Å²) in [6.07, 6.45) is 7.09. The largest absolute Gasteiger partial charge is 0.508 e. The summed E-state index contributed by atoms with van der Waals surface area (Å²) >= 11 is 0. The van der Waals surface area contributed by atoms with Gasteiger partial charge < -0.3 is 5.11 Å². The molecular weight excluding hydrogens is 362 g/mol. The van der Waals surface area contributed by atoms with Crippen LogP contribution in [-0.4, -0.2) is 36.8 Å². The predicted molar refractivity (Wildman–Crippen MR) is 110 cm³/mol. The first-order chi connectivity index (χ1) is 14.3. The quantitative estimate of drug-likeness (QED) is 0.730. The molecule has 1 aromatic heterocycles. The fourth-order valence-electron chi connectivity index (χ4n) is 4.88. The van der Waals surface area contributed by atoms with Crippen LogP contribution < -0.4 is 0 Å². The van der Waals surface area contributed by atoms with Crippen molar-refractivity contribution < 1.29 is 5.11 Å². The van der Waals surface area contributed by atoms with Crippen LogP contribution in [0.3, 0.4) is 0 Å². The van der Waals surface area contributed by atoms with Crippen molar-refractivity contribution in [2.24, 2.45) is 0 Å². The van der Waals surface area contributed by atoms with Crippen molar-refractivity contribution in [1.29, 1.82) is 0 Å². The number of benzene rings is 2. The molecule has 0 radical (unpaired) electrons. The summed E-state index contributed by atoms with van der Waals surface area (Å²) < 4.78 is 2.08. The molecule has 6 nitrogen and oxygen atoms in total. The summed E-state index contributed by atoms with van der Waals surface area (Å²) in [6, 6.07) is 16.6. The van der Waals surface area contributed by atoms with Crippen molar-refractivity contribution in [1.82, 2.24) is 25.1 Å². The molecule has 2 aliphatic rings. The minimum Gasteiger partial charge on any atom is -0.508 e. The molecular formula is C23H27N5O. The monoisotopic (exact) mass is 389 g/mol. The normalized spacial score (nSPS) is 19.0. The second kappa shape index (κ2) is 7.95. The van der Waals surface area contributed by atoms with Crippen LogP contribution in [0.5, 0.6) is 5.75 Å². The number of nitrogens with zero attached hydrogens (tertiary/aromatic N) is 5. The molecule has 0 bridgehead atoms. The second-order valence-electron chi connectivity index (χ2n) is 8.26. The number of aromatic nitrogens is 4. The van der Waals surface area contributed by atoms with Gasteiger partial charge >= 0.3 is 0 Å². The van der Waals surface area contributed by atoms with Gasteiger partial charge in [0.2, 0.25) is 0 Å². The fourth-order valence-corrected chi connectivity index (χ4v) is 4.88. The highest BCUT2D eigenvalue weighted by Gasteiger charge is 2.32. The number of rotatable bonds is 4. The first-order valence-corrected chi connectivity index (χ1v) is 10.7. The van der Waals surface area contributed by atoms with E-state index in [0.29, 0.717) is 6.04 Å². The molecule has 29 heavy (non-hydrogen) atoms. The third-order valence-corrected chi connectivity index (χ3v) is 6.42. The van der Waals surface area contributed by atoms with Crippen LogP contribution in [0.25, 0.3) is 0 Å². The van der Waals surface area contributed by atoms with Gasteiger partial charge in [-0.3, -0.25) is 4.90 Å². The molecule has 2 aromatic carbocycles. The molecule has 3 aromatic rings. The van der Waals surface area contributed by atoms with E-state index in [2.05, 4.69) is 49.4 Å². The van der Waals surface area contributed by atoms with Gasteiger partial charge in [-0.2, -0.15) is 0 Å². The van der Waals surface area contributed by atoms with E-state index in [4.69, 9.17) is 0 Å². The number of hydrogen-bond donors (Lipinski definition) is 1. The molecule has 0 saturated heterocycles. The smallest absolute Gasteiger partial charge is 0.173 e. The van der Waals surface area contributed by atoms with E-state index in [1.54, 1.807) is 12.1 Å². The average Bonchev–Trinajstić information content (AvgIpc) is 3.25. The van der Waals surface area contributed by atoms with Crippen LogP contribution in [0.15, 0.2) is 48.5 Å².